The molecule has 1 saturated heterocycles. The zero-order valence-corrected chi connectivity index (χ0v) is 14.6. The van der Waals surface area contributed by atoms with Crippen molar-refractivity contribution in [2.75, 3.05) is 6.54 Å². The summed E-state index contributed by atoms with van der Waals surface area (Å²) < 4.78 is 39.0. The number of aromatic nitrogens is 1. The molecule has 1 aliphatic carbocycles. The Balaban J connectivity index is 1.62. The summed E-state index contributed by atoms with van der Waals surface area (Å²) in [5.74, 6) is 0.299. The van der Waals surface area contributed by atoms with Gasteiger partial charge in [-0.1, -0.05) is 13.0 Å². The van der Waals surface area contributed by atoms with Crippen molar-refractivity contribution in [1.29, 1.82) is 0 Å². The molecule has 140 valence electrons. The van der Waals surface area contributed by atoms with Crippen molar-refractivity contribution in [3.63, 3.8) is 0 Å². The summed E-state index contributed by atoms with van der Waals surface area (Å²) in [6, 6.07) is 2.14. The SMILES string of the molecule is CC1C2CC(c3cc(C(F)(F)F)ccn3)=CCN2C(=O)[C@]12CCC(N)C2. The summed E-state index contributed by atoms with van der Waals surface area (Å²) in [7, 11) is 0. The van der Waals surface area contributed by atoms with E-state index in [0.29, 0.717) is 25.1 Å². The molecule has 2 aliphatic heterocycles. The summed E-state index contributed by atoms with van der Waals surface area (Å²) in [4.78, 5) is 19.1. The van der Waals surface area contributed by atoms with E-state index >= 15 is 0 Å². The molecule has 4 nitrogen and oxygen atoms in total. The Morgan fingerprint density at radius 2 is 2.15 bits per heavy atom. The molecular weight excluding hydrogens is 343 g/mol. The predicted octanol–water partition coefficient (Wildman–Crippen LogP) is 3.23. The van der Waals surface area contributed by atoms with Crippen LogP contribution in [0.5, 0.6) is 0 Å². The molecule has 4 rings (SSSR count). The lowest BCUT2D eigenvalue weighted by Gasteiger charge is -2.31. The molecule has 26 heavy (non-hydrogen) atoms. The maximum absolute atomic E-state index is 13.0. The van der Waals surface area contributed by atoms with Crippen LogP contribution < -0.4 is 5.73 Å². The van der Waals surface area contributed by atoms with E-state index in [1.54, 1.807) is 0 Å². The van der Waals surface area contributed by atoms with Gasteiger partial charge in [0, 0.05) is 24.8 Å². The van der Waals surface area contributed by atoms with Crippen LogP contribution in [0.2, 0.25) is 0 Å². The van der Waals surface area contributed by atoms with Crippen molar-refractivity contribution in [3.05, 3.63) is 35.7 Å². The quantitative estimate of drug-likeness (QED) is 0.831. The van der Waals surface area contributed by atoms with E-state index in [9.17, 15) is 18.0 Å². The van der Waals surface area contributed by atoms with E-state index in [1.807, 2.05) is 11.0 Å². The maximum Gasteiger partial charge on any atom is 0.416 e. The standard InChI is InChI=1S/C19H22F3N3O/c1-11-16-8-12(15-9-13(3-6-24-15)19(20,21)22)4-7-25(16)17(26)18(11)5-2-14(23)10-18/h3-4,6,9,11,14,16H,2,5,7-8,10,23H2,1H3/t11?,14?,16?,18-/m0/s1. The lowest BCUT2D eigenvalue weighted by atomic mass is 9.73. The molecule has 0 bridgehead atoms. The summed E-state index contributed by atoms with van der Waals surface area (Å²) >= 11 is 0. The van der Waals surface area contributed by atoms with Gasteiger partial charge in [0.2, 0.25) is 5.91 Å². The van der Waals surface area contributed by atoms with Crippen molar-refractivity contribution in [1.82, 2.24) is 9.88 Å². The molecule has 1 spiro atoms. The fraction of sp³-hybridized carbons (Fsp3) is 0.579. The van der Waals surface area contributed by atoms with E-state index in [0.717, 1.165) is 30.5 Å². The summed E-state index contributed by atoms with van der Waals surface area (Å²) in [6.45, 7) is 2.52. The first-order valence-electron chi connectivity index (χ1n) is 9.02. The minimum absolute atomic E-state index is 0.00384. The number of nitrogens with two attached hydrogens (primary N) is 1. The lowest BCUT2D eigenvalue weighted by Crippen LogP contribution is -2.38. The molecule has 1 aromatic rings. The molecule has 3 unspecified atom stereocenters. The zero-order valence-electron chi connectivity index (χ0n) is 14.6. The summed E-state index contributed by atoms with van der Waals surface area (Å²) in [5.41, 5.74) is 6.13. The number of fused-ring (bicyclic) bond motifs is 1. The van der Waals surface area contributed by atoms with Crippen LogP contribution in [0.25, 0.3) is 5.57 Å². The average Bonchev–Trinajstić information content (AvgIpc) is 3.10. The number of halogens is 3. The van der Waals surface area contributed by atoms with Gasteiger partial charge in [-0.15, -0.1) is 0 Å². The Bertz CT molecular complexity index is 776. The van der Waals surface area contributed by atoms with Crippen molar-refractivity contribution < 1.29 is 18.0 Å². The van der Waals surface area contributed by atoms with Crippen LogP contribution in [-0.4, -0.2) is 34.4 Å². The number of amides is 1. The van der Waals surface area contributed by atoms with E-state index < -0.39 is 17.2 Å². The average molecular weight is 365 g/mol. The second kappa shape index (κ2) is 5.81. The third kappa shape index (κ3) is 2.55. The fourth-order valence-corrected chi connectivity index (χ4v) is 5.01. The Kier molecular flexibility index (Phi) is 3.91. The van der Waals surface area contributed by atoms with E-state index in [2.05, 4.69) is 11.9 Å². The minimum atomic E-state index is -4.39. The molecule has 0 aromatic carbocycles. The van der Waals surface area contributed by atoms with Crippen molar-refractivity contribution in [2.45, 2.75) is 50.9 Å². The first-order chi connectivity index (χ1) is 12.2. The maximum atomic E-state index is 13.0. The van der Waals surface area contributed by atoms with Gasteiger partial charge in [-0.3, -0.25) is 9.78 Å². The number of nitrogens with zero attached hydrogens (tertiary/aromatic N) is 2. The molecule has 2 N–H and O–H groups in total. The van der Waals surface area contributed by atoms with E-state index in [1.165, 1.54) is 6.20 Å². The molecule has 3 heterocycles. The number of rotatable bonds is 1. The number of pyridine rings is 1. The Hall–Kier alpha value is -1.89. The van der Waals surface area contributed by atoms with Gasteiger partial charge in [-0.2, -0.15) is 13.2 Å². The topological polar surface area (TPSA) is 59.2 Å². The highest BCUT2D eigenvalue weighted by molar-refractivity contribution is 5.88. The zero-order chi connectivity index (χ0) is 18.7. The van der Waals surface area contributed by atoms with Gasteiger partial charge < -0.3 is 10.6 Å². The molecule has 2 fully saturated rings. The third-order valence-electron chi connectivity index (χ3n) is 6.50. The normalized spacial score (nSPS) is 34.3. The minimum Gasteiger partial charge on any atom is -0.335 e. The molecule has 1 saturated carbocycles. The van der Waals surface area contributed by atoms with Crippen molar-refractivity contribution in [2.24, 2.45) is 17.1 Å². The molecule has 3 aliphatic rings. The molecule has 7 heteroatoms. The van der Waals surface area contributed by atoms with Crippen LogP contribution in [0.4, 0.5) is 13.2 Å². The van der Waals surface area contributed by atoms with Crippen LogP contribution in [0, 0.1) is 11.3 Å². The van der Waals surface area contributed by atoms with Crippen LogP contribution in [-0.2, 0) is 11.0 Å². The smallest absolute Gasteiger partial charge is 0.335 e. The van der Waals surface area contributed by atoms with Gasteiger partial charge in [-0.25, -0.2) is 0 Å². The van der Waals surface area contributed by atoms with E-state index in [4.69, 9.17) is 5.73 Å². The molecule has 4 atom stereocenters. The van der Waals surface area contributed by atoms with Gasteiger partial charge in [0.05, 0.1) is 16.7 Å². The Morgan fingerprint density at radius 1 is 1.38 bits per heavy atom. The van der Waals surface area contributed by atoms with E-state index in [-0.39, 0.29) is 23.9 Å². The van der Waals surface area contributed by atoms with Crippen molar-refractivity contribution >= 4 is 11.5 Å². The number of carbonyl (C=O) groups excluding carboxylic acids is 1. The van der Waals surface area contributed by atoms with Crippen LogP contribution >= 0.6 is 0 Å². The van der Waals surface area contributed by atoms with Gasteiger partial charge >= 0.3 is 6.18 Å². The van der Waals surface area contributed by atoms with Crippen LogP contribution in [0.3, 0.4) is 0 Å². The number of hydrogen-bond donors (Lipinski definition) is 1. The number of carbonyl (C=O) groups is 1. The first-order valence-corrected chi connectivity index (χ1v) is 9.02. The second-order valence-electron chi connectivity index (χ2n) is 7.83. The molecular formula is C19H22F3N3O. The Morgan fingerprint density at radius 3 is 2.81 bits per heavy atom. The fourth-order valence-electron chi connectivity index (χ4n) is 5.01. The number of hydrogen-bond acceptors (Lipinski definition) is 3. The monoisotopic (exact) mass is 365 g/mol. The summed E-state index contributed by atoms with van der Waals surface area (Å²) in [6.07, 6.45) is 1.56. The van der Waals surface area contributed by atoms with Crippen LogP contribution in [0.1, 0.15) is 43.9 Å². The number of alkyl halides is 3. The van der Waals surface area contributed by atoms with Gasteiger partial charge in [-0.05, 0) is 49.3 Å². The Labute approximate surface area is 150 Å². The second-order valence-corrected chi connectivity index (χ2v) is 7.83. The predicted molar refractivity (Wildman–Crippen MR) is 90.8 cm³/mol. The van der Waals surface area contributed by atoms with Crippen LogP contribution in [0.15, 0.2) is 24.4 Å². The third-order valence-corrected chi connectivity index (χ3v) is 6.50. The lowest BCUT2D eigenvalue weighted by molar-refractivity contribution is -0.138. The first kappa shape index (κ1) is 17.5. The highest BCUT2D eigenvalue weighted by Gasteiger charge is 2.59. The largest absolute Gasteiger partial charge is 0.416 e. The van der Waals surface area contributed by atoms with Crippen molar-refractivity contribution in [3.8, 4) is 0 Å². The molecule has 1 amide bonds. The van der Waals surface area contributed by atoms with Gasteiger partial charge in [0.1, 0.15) is 0 Å². The highest BCUT2D eigenvalue weighted by atomic mass is 19.4. The highest BCUT2D eigenvalue weighted by Crippen LogP contribution is 2.54. The summed E-state index contributed by atoms with van der Waals surface area (Å²) in [5, 5.41) is 0. The molecule has 1 aromatic heterocycles. The van der Waals surface area contributed by atoms with Gasteiger partial charge in [0.25, 0.3) is 0 Å². The van der Waals surface area contributed by atoms with Gasteiger partial charge in [0.15, 0.2) is 0 Å². The molecule has 0 radical (unpaired) electrons.